The van der Waals surface area contributed by atoms with Crippen LogP contribution in [0, 0.1) is 5.92 Å². The molecule has 1 aliphatic carbocycles. The number of hydrogen-bond acceptors (Lipinski definition) is 2. The van der Waals surface area contributed by atoms with E-state index in [-0.39, 0.29) is 11.8 Å². The normalized spacial score (nSPS) is 24.3. The fourth-order valence-electron chi connectivity index (χ4n) is 2.05. The van der Waals surface area contributed by atoms with Crippen LogP contribution < -0.4 is 0 Å². The van der Waals surface area contributed by atoms with Crippen LogP contribution in [0.15, 0.2) is 30.6 Å². The molecule has 15 heavy (non-hydrogen) atoms. The van der Waals surface area contributed by atoms with E-state index in [1.54, 1.807) is 10.7 Å². The lowest BCUT2D eigenvalue weighted by atomic mass is 10.1. The molecular weight excluding hydrogens is 192 g/mol. The molecule has 4 nitrogen and oxygen atoms in total. The molecule has 2 aromatic rings. The smallest absolute Gasteiger partial charge is 0.307 e. The predicted octanol–water partition coefficient (Wildman–Crippen LogP) is 1.52. The molecule has 0 unspecified atom stereocenters. The molecule has 3 rings (SSSR count). The molecule has 2 aromatic heterocycles. The second-order valence-electron chi connectivity index (χ2n) is 3.92. The number of nitrogens with zero attached hydrogens (tertiary/aromatic N) is 2. The maximum Gasteiger partial charge on any atom is 0.307 e. The third kappa shape index (κ3) is 1.21. The summed E-state index contributed by atoms with van der Waals surface area (Å²) in [5, 5.41) is 13.1. The Hall–Kier alpha value is -1.84. The van der Waals surface area contributed by atoms with Gasteiger partial charge in [-0.3, -0.25) is 4.79 Å². The number of carbonyl (C=O) groups is 1. The lowest BCUT2D eigenvalue weighted by Gasteiger charge is -1.95. The third-order valence-corrected chi connectivity index (χ3v) is 2.96. The summed E-state index contributed by atoms with van der Waals surface area (Å²) in [7, 11) is 0. The highest BCUT2D eigenvalue weighted by Gasteiger charge is 2.45. The first-order valence-corrected chi connectivity index (χ1v) is 4.92. The fourth-order valence-corrected chi connectivity index (χ4v) is 2.05. The van der Waals surface area contributed by atoms with Crippen molar-refractivity contribution < 1.29 is 9.90 Å². The molecule has 0 bridgehead atoms. The van der Waals surface area contributed by atoms with Gasteiger partial charge in [0.05, 0.1) is 17.6 Å². The van der Waals surface area contributed by atoms with Gasteiger partial charge in [0.25, 0.3) is 0 Å². The van der Waals surface area contributed by atoms with Crippen molar-refractivity contribution in [3.05, 3.63) is 36.2 Å². The molecule has 0 aromatic carbocycles. The Balaban J connectivity index is 2.03. The van der Waals surface area contributed by atoms with Gasteiger partial charge in [0, 0.05) is 17.7 Å². The van der Waals surface area contributed by atoms with Crippen molar-refractivity contribution in [1.82, 2.24) is 9.61 Å². The SMILES string of the molecule is O=C(O)[C@H]1C[C@@H]1c1cnn2ccccc12. The Bertz CT molecular complexity index is 532. The van der Waals surface area contributed by atoms with Crippen LogP contribution in [0.25, 0.3) is 5.52 Å². The Morgan fingerprint density at radius 3 is 3.13 bits per heavy atom. The second-order valence-corrected chi connectivity index (χ2v) is 3.92. The van der Waals surface area contributed by atoms with Gasteiger partial charge in [0.1, 0.15) is 0 Å². The highest BCUT2D eigenvalue weighted by molar-refractivity contribution is 5.76. The summed E-state index contributed by atoms with van der Waals surface area (Å²) >= 11 is 0. The molecule has 2 atom stereocenters. The number of aromatic nitrogens is 2. The molecule has 1 saturated carbocycles. The van der Waals surface area contributed by atoms with Crippen LogP contribution >= 0.6 is 0 Å². The van der Waals surface area contributed by atoms with Crippen molar-refractivity contribution in [1.29, 1.82) is 0 Å². The van der Waals surface area contributed by atoms with Crippen molar-refractivity contribution in [2.75, 3.05) is 0 Å². The number of aliphatic carboxylic acids is 1. The molecule has 0 radical (unpaired) electrons. The minimum Gasteiger partial charge on any atom is -0.481 e. The summed E-state index contributed by atoms with van der Waals surface area (Å²) in [6.45, 7) is 0. The summed E-state index contributed by atoms with van der Waals surface area (Å²) in [5.41, 5.74) is 2.08. The molecule has 4 heteroatoms. The van der Waals surface area contributed by atoms with Crippen LogP contribution in [-0.4, -0.2) is 20.7 Å². The molecule has 0 saturated heterocycles. The second kappa shape index (κ2) is 2.82. The Morgan fingerprint density at radius 1 is 1.53 bits per heavy atom. The van der Waals surface area contributed by atoms with Gasteiger partial charge < -0.3 is 5.11 Å². The maximum absolute atomic E-state index is 10.8. The summed E-state index contributed by atoms with van der Waals surface area (Å²) in [6, 6.07) is 5.82. The van der Waals surface area contributed by atoms with Crippen molar-refractivity contribution in [3.8, 4) is 0 Å². The summed E-state index contributed by atoms with van der Waals surface area (Å²) < 4.78 is 1.78. The Kier molecular flexibility index (Phi) is 1.59. The van der Waals surface area contributed by atoms with Crippen LogP contribution in [0.1, 0.15) is 17.9 Å². The molecule has 0 amide bonds. The average Bonchev–Trinajstić information content (AvgIpc) is 2.92. The number of rotatable bonds is 2. The van der Waals surface area contributed by atoms with Gasteiger partial charge in [-0.1, -0.05) is 6.07 Å². The maximum atomic E-state index is 10.8. The van der Waals surface area contributed by atoms with E-state index < -0.39 is 5.97 Å². The van der Waals surface area contributed by atoms with Gasteiger partial charge in [-0.2, -0.15) is 5.10 Å². The molecular formula is C11H10N2O2. The van der Waals surface area contributed by atoms with E-state index in [4.69, 9.17) is 5.11 Å². The fraction of sp³-hybridized carbons (Fsp3) is 0.273. The van der Waals surface area contributed by atoms with Crippen LogP contribution in [0.3, 0.4) is 0 Å². The van der Waals surface area contributed by atoms with Gasteiger partial charge >= 0.3 is 5.97 Å². The van der Waals surface area contributed by atoms with Crippen LogP contribution in [-0.2, 0) is 4.79 Å². The molecule has 2 heterocycles. The van der Waals surface area contributed by atoms with Crippen LogP contribution in [0.5, 0.6) is 0 Å². The van der Waals surface area contributed by atoms with Crippen molar-refractivity contribution in [3.63, 3.8) is 0 Å². The van der Waals surface area contributed by atoms with Crippen molar-refractivity contribution >= 4 is 11.5 Å². The highest BCUT2D eigenvalue weighted by Crippen LogP contribution is 2.48. The average molecular weight is 202 g/mol. The van der Waals surface area contributed by atoms with E-state index in [1.807, 2.05) is 24.4 Å². The quantitative estimate of drug-likeness (QED) is 0.803. The van der Waals surface area contributed by atoms with Crippen molar-refractivity contribution in [2.24, 2.45) is 5.92 Å². The van der Waals surface area contributed by atoms with Gasteiger partial charge in [-0.15, -0.1) is 0 Å². The topological polar surface area (TPSA) is 54.6 Å². The first-order valence-electron chi connectivity index (χ1n) is 4.92. The van der Waals surface area contributed by atoms with Crippen LogP contribution in [0.4, 0.5) is 0 Å². The van der Waals surface area contributed by atoms with E-state index >= 15 is 0 Å². The predicted molar refractivity (Wildman–Crippen MR) is 53.7 cm³/mol. The molecule has 1 aliphatic rings. The van der Waals surface area contributed by atoms with Crippen LogP contribution in [0.2, 0.25) is 0 Å². The molecule has 0 spiro atoms. The standard InChI is InChI=1S/C11H10N2O2/c14-11(15)8-5-7(8)9-6-12-13-4-2-1-3-10(9)13/h1-4,6-8H,5H2,(H,14,15)/t7-,8-/m0/s1. The van der Waals surface area contributed by atoms with Gasteiger partial charge in [-0.25, -0.2) is 4.52 Å². The van der Waals surface area contributed by atoms with Gasteiger partial charge in [0.2, 0.25) is 0 Å². The number of carboxylic acid groups (broad SMARTS) is 1. The first-order chi connectivity index (χ1) is 7.27. The minimum atomic E-state index is -0.699. The van der Waals surface area contributed by atoms with E-state index in [9.17, 15) is 4.79 Å². The number of carboxylic acids is 1. The molecule has 1 fully saturated rings. The lowest BCUT2D eigenvalue weighted by Crippen LogP contribution is -1.98. The zero-order valence-electron chi connectivity index (χ0n) is 8.00. The van der Waals surface area contributed by atoms with Gasteiger partial charge in [-0.05, 0) is 18.6 Å². The molecule has 76 valence electrons. The summed E-state index contributed by atoms with van der Waals surface area (Å²) in [5.74, 6) is -0.754. The van der Waals surface area contributed by atoms with E-state index in [0.717, 1.165) is 17.5 Å². The Morgan fingerprint density at radius 2 is 2.40 bits per heavy atom. The van der Waals surface area contributed by atoms with E-state index in [0.29, 0.717) is 0 Å². The van der Waals surface area contributed by atoms with E-state index in [2.05, 4.69) is 5.10 Å². The largest absolute Gasteiger partial charge is 0.481 e. The van der Waals surface area contributed by atoms with Crippen molar-refractivity contribution in [2.45, 2.75) is 12.3 Å². The zero-order valence-corrected chi connectivity index (χ0v) is 8.00. The number of hydrogen-bond donors (Lipinski definition) is 1. The highest BCUT2D eigenvalue weighted by atomic mass is 16.4. The minimum absolute atomic E-state index is 0.155. The summed E-state index contributed by atoms with van der Waals surface area (Å²) in [4.78, 5) is 10.8. The number of pyridine rings is 1. The first kappa shape index (κ1) is 8.47. The zero-order chi connectivity index (χ0) is 10.4. The molecule has 0 aliphatic heterocycles. The van der Waals surface area contributed by atoms with Gasteiger partial charge in [0.15, 0.2) is 0 Å². The summed E-state index contributed by atoms with van der Waals surface area (Å²) in [6.07, 6.45) is 4.39. The lowest BCUT2D eigenvalue weighted by molar-refractivity contribution is -0.138. The molecule has 1 N–H and O–H groups in total. The van der Waals surface area contributed by atoms with E-state index in [1.165, 1.54) is 0 Å². The Labute approximate surface area is 86.1 Å². The number of fused-ring (bicyclic) bond motifs is 1. The third-order valence-electron chi connectivity index (χ3n) is 2.96. The monoisotopic (exact) mass is 202 g/mol.